The lowest BCUT2D eigenvalue weighted by molar-refractivity contribution is 0.576. The molecule has 1 nitrogen and oxygen atoms in total. The van der Waals surface area contributed by atoms with Gasteiger partial charge in [-0.1, -0.05) is 25.6 Å². The third-order valence-corrected chi connectivity index (χ3v) is 1.86. The molecule has 1 aromatic carbocycles. The van der Waals surface area contributed by atoms with Crippen LogP contribution >= 0.6 is 0 Å². The zero-order valence-corrected chi connectivity index (χ0v) is 6.72. The van der Waals surface area contributed by atoms with E-state index in [1.54, 1.807) is 0 Å². The highest BCUT2D eigenvalue weighted by molar-refractivity contribution is 5.80. The smallest absolute Gasteiger partial charge is 0.137 e. The van der Waals surface area contributed by atoms with Crippen LogP contribution < -0.4 is 0 Å². The average Bonchev–Trinajstić information content (AvgIpc) is 2.31. The van der Waals surface area contributed by atoms with Crippen molar-refractivity contribution in [2.45, 2.75) is 21.3 Å². The predicted molar refractivity (Wildman–Crippen MR) is 52.4 cm³/mol. The van der Waals surface area contributed by atoms with E-state index in [0.717, 1.165) is 11.3 Å². The highest BCUT2D eigenvalue weighted by Gasteiger charge is 2.00. The Morgan fingerprint density at radius 3 is 2.58 bits per heavy atom. The van der Waals surface area contributed by atoms with E-state index in [9.17, 15) is 0 Å². The van der Waals surface area contributed by atoms with Gasteiger partial charge in [0.25, 0.3) is 0 Å². The Kier molecular flexibility index (Phi) is 2.22. The van der Waals surface area contributed by atoms with E-state index in [1.807, 2.05) is 13.0 Å². The van der Waals surface area contributed by atoms with Crippen LogP contribution in [0, 0.1) is 13.8 Å². The number of benzene rings is 1. The fourth-order valence-corrected chi connectivity index (χ4v) is 1.34. The molecule has 0 radical (unpaired) electrons. The minimum absolute atomic E-state index is 0. The van der Waals surface area contributed by atoms with Crippen LogP contribution in [-0.4, -0.2) is 0 Å². The number of fused-ring (bicyclic) bond motifs is 1. The number of para-hydroxylation sites is 1. The molecule has 0 amide bonds. The largest absolute Gasteiger partial charge is 0.461 e. The summed E-state index contributed by atoms with van der Waals surface area (Å²) in [5.74, 6) is 0.981. The number of hydrogen-bond donors (Lipinski definition) is 0. The quantitative estimate of drug-likeness (QED) is 0.575. The van der Waals surface area contributed by atoms with Crippen LogP contribution in [-0.2, 0) is 0 Å². The molecule has 0 saturated heterocycles. The Hall–Kier alpha value is -1.24. The second-order valence-corrected chi connectivity index (χ2v) is 2.85. The lowest BCUT2D eigenvalue weighted by atomic mass is 10.2. The summed E-state index contributed by atoms with van der Waals surface area (Å²) < 4.78 is 5.50. The molecule has 2 aromatic rings. The summed E-state index contributed by atoms with van der Waals surface area (Å²) in [7, 11) is 0. The van der Waals surface area contributed by atoms with Gasteiger partial charge in [0, 0.05) is 5.39 Å². The SMILES string of the molecule is C.Cc1cc2cccc(C)c2o1. The maximum Gasteiger partial charge on any atom is 0.137 e. The molecule has 12 heavy (non-hydrogen) atoms. The van der Waals surface area contributed by atoms with Crippen molar-refractivity contribution >= 4 is 11.0 Å². The van der Waals surface area contributed by atoms with Crippen molar-refractivity contribution in [1.82, 2.24) is 0 Å². The number of aryl methyl sites for hydroxylation is 2. The normalized spacial score (nSPS) is 9.83. The number of furan rings is 1. The van der Waals surface area contributed by atoms with Crippen molar-refractivity contribution in [1.29, 1.82) is 0 Å². The van der Waals surface area contributed by atoms with Crippen molar-refractivity contribution in [2.24, 2.45) is 0 Å². The topological polar surface area (TPSA) is 13.1 Å². The fourth-order valence-electron chi connectivity index (χ4n) is 1.34. The lowest BCUT2D eigenvalue weighted by Gasteiger charge is -1.90. The van der Waals surface area contributed by atoms with Gasteiger partial charge in [-0.15, -0.1) is 0 Å². The van der Waals surface area contributed by atoms with Gasteiger partial charge in [-0.2, -0.15) is 0 Å². The van der Waals surface area contributed by atoms with E-state index < -0.39 is 0 Å². The molecule has 0 spiro atoms. The van der Waals surface area contributed by atoms with E-state index >= 15 is 0 Å². The summed E-state index contributed by atoms with van der Waals surface area (Å²) in [5.41, 5.74) is 2.22. The van der Waals surface area contributed by atoms with Crippen LogP contribution in [0.15, 0.2) is 28.7 Å². The van der Waals surface area contributed by atoms with Crippen molar-refractivity contribution in [3.8, 4) is 0 Å². The minimum Gasteiger partial charge on any atom is -0.461 e. The van der Waals surface area contributed by atoms with Crippen molar-refractivity contribution in [3.05, 3.63) is 35.6 Å². The van der Waals surface area contributed by atoms with Gasteiger partial charge in [-0.05, 0) is 25.5 Å². The van der Waals surface area contributed by atoms with E-state index in [4.69, 9.17) is 4.42 Å². The highest BCUT2D eigenvalue weighted by Crippen LogP contribution is 2.21. The third-order valence-electron chi connectivity index (χ3n) is 1.86. The Morgan fingerprint density at radius 1 is 1.17 bits per heavy atom. The molecule has 1 heterocycles. The fraction of sp³-hybridized carbons (Fsp3) is 0.273. The Bertz CT molecular complexity index is 385. The standard InChI is InChI=1S/C10H10O.CH4/c1-7-4-3-5-9-6-8(2)11-10(7)9;/h3-6H,1-2H3;1H4. The average molecular weight is 162 g/mol. The van der Waals surface area contributed by atoms with Gasteiger partial charge < -0.3 is 4.42 Å². The van der Waals surface area contributed by atoms with Gasteiger partial charge in [0.05, 0.1) is 0 Å². The molecule has 1 aromatic heterocycles. The highest BCUT2D eigenvalue weighted by atomic mass is 16.3. The zero-order valence-electron chi connectivity index (χ0n) is 6.72. The van der Waals surface area contributed by atoms with E-state index in [2.05, 4.69) is 25.1 Å². The Morgan fingerprint density at radius 2 is 1.92 bits per heavy atom. The number of rotatable bonds is 0. The van der Waals surface area contributed by atoms with Gasteiger partial charge in [-0.25, -0.2) is 0 Å². The Labute approximate surface area is 73.0 Å². The van der Waals surface area contributed by atoms with E-state index in [0.29, 0.717) is 0 Å². The first-order valence-corrected chi connectivity index (χ1v) is 3.73. The molecule has 0 aliphatic heterocycles. The van der Waals surface area contributed by atoms with Gasteiger partial charge in [-0.3, -0.25) is 0 Å². The molecule has 0 saturated carbocycles. The van der Waals surface area contributed by atoms with Crippen LogP contribution in [0.5, 0.6) is 0 Å². The summed E-state index contributed by atoms with van der Waals surface area (Å²) in [4.78, 5) is 0. The van der Waals surface area contributed by atoms with E-state index in [-0.39, 0.29) is 7.43 Å². The second kappa shape index (κ2) is 3.02. The summed E-state index contributed by atoms with van der Waals surface area (Å²) in [6, 6.07) is 8.24. The second-order valence-electron chi connectivity index (χ2n) is 2.85. The molecule has 0 unspecified atom stereocenters. The van der Waals surface area contributed by atoms with Crippen molar-refractivity contribution in [3.63, 3.8) is 0 Å². The first-order chi connectivity index (χ1) is 5.27. The van der Waals surface area contributed by atoms with Gasteiger partial charge >= 0.3 is 0 Å². The monoisotopic (exact) mass is 162 g/mol. The van der Waals surface area contributed by atoms with Gasteiger partial charge in [0.15, 0.2) is 0 Å². The van der Waals surface area contributed by atoms with Crippen LogP contribution in [0.1, 0.15) is 18.8 Å². The summed E-state index contributed by atoms with van der Waals surface area (Å²) in [6.07, 6.45) is 0. The number of hydrogen-bond acceptors (Lipinski definition) is 1. The van der Waals surface area contributed by atoms with Crippen LogP contribution in [0.4, 0.5) is 0 Å². The maximum absolute atomic E-state index is 5.50. The molecule has 0 N–H and O–H groups in total. The molecule has 0 aliphatic rings. The first kappa shape index (κ1) is 8.85. The maximum atomic E-state index is 5.50. The molecular weight excluding hydrogens is 148 g/mol. The Balaban J connectivity index is 0.000000720. The molecule has 2 rings (SSSR count). The van der Waals surface area contributed by atoms with Crippen molar-refractivity contribution in [2.75, 3.05) is 0 Å². The van der Waals surface area contributed by atoms with Crippen LogP contribution in [0.25, 0.3) is 11.0 Å². The first-order valence-electron chi connectivity index (χ1n) is 3.73. The third kappa shape index (κ3) is 1.22. The minimum atomic E-state index is 0. The van der Waals surface area contributed by atoms with Crippen molar-refractivity contribution < 1.29 is 4.42 Å². The van der Waals surface area contributed by atoms with E-state index in [1.165, 1.54) is 10.9 Å². The molecule has 0 bridgehead atoms. The summed E-state index contributed by atoms with van der Waals surface area (Å²) in [5, 5.41) is 1.20. The molecule has 64 valence electrons. The summed E-state index contributed by atoms with van der Waals surface area (Å²) in [6.45, 7) is 4.03. The zero-order chi connectivity index (χ0) is 7.84. The summed E-state index contributed by atoms with van der Waals surface area (Å²) >= 11 is 0. The molecule has 0 fully saturated rings. The predicted octanol–water partition coefficient (Wildman–Crippen LogP) is 3.69. The molecule has 0 atom stereocenters. The van der Waals surface area contributed by atoms with Gasteiger partial charge in [0.1, 0.15) is 11.3 Å². The van der Waals surface area contributed by atoms with Crippen LogP contribution in [0.2, 0.25) is 0 Å². The molecule has 1 heteroatoms. The molecular formula is C11H14O. The molecule has 0 aliphatic carbocycles. The van der Waals surface area contributed by atoms with Crippen LogP contribution in [0.3, 0.4) is 0 Å². The van der Waals surface area contributed by atoms with Gasteiger partial charge in [0.2, 0.25) is 0 Å². The lowest BCUT2D eigenvalue weighted by Crippen LogP contribution is -1.69.